The Balaban J connectivity index is 1.64. The number of amides is 1. The second kappa shape index (κ2) is 6.65. The van der Waals surface area contributed by atoms with Gasteiger partial charge in [-0.15, -0.1) is 0 Å². The van der Waals surface area contributed by atoms with Crippen molar-refractivity contribution in [1.82, 2.24) is 10.2 Å². The van der Waals surface area contributed by atoms with Gasteiger partial charge in [-0.05, 0) is 11.1 Å². The Bertz CT molecular complexity index is 688. The van der Waals surface area contributed by atoms with Gasteiger partial charge < -0.3 is 5.32 Å². The molecule has 1 saturated heterocycles. The molecule has 1 heterocycles. The predicted octanol–water partition coefficient (Wildman–Crippen LogP) is 3.12. The molecule has 1 amide bonds. The average molecular weight is 334 g/mol. The first kappa shape index (κ1) is 16.5. The number of benzene rings is 2. The lowest BCUT2D eigenvalue weighted by Crippen LogP contribution is -2.32. The van der Waals surface area contributed by atoms with Crippen molar-refractivity contribution in [2.24, 2.45) is 0 Å². The minimum atomic E-state index is -4.41. The molecule has 1 N–H and O–H groups in total. The third-order valence-corrected chi connectivity index (χ3v) is 4.05. The number of carbonyl (C=O) groups excluding carboxylic acids is 1. The van der Waals surface area contributed by atoms with Crippen LogP contribution in [0.5, 0.6) is 0 Å². The summed E-state index contributed by atoms with van der Waals surface area (Å²) in [5, 5.41) is 2.60. The molecule has 126 valence electrons. The van der Waals surface area contributed by atoms with Crippen LogP contribution in [0.3, 0.4) is 0 Å². The lowest BCUT2D eigenvalue weighted by molar-refractivity contribution is -0.140. The van der Waals surface area contributed by atoms with Crippen molar-refractivity contribution in [3.8, 4) is 0 Å². The van der Waals surface area contributed by atoms with Gasteiger partial charge in [0.25, 0.3) is 0 Å². The third kappa shape index (κ3) is 3.76. The minimum absolute atomic E-state index is 0.106. The van der Waals surface area contributed by atoms with Crippen molar-refractivity contribution >= 4 is 5.91 Å². The fourth-order valence-electron chi connectivity index (χ4n) is 2.82. The molecule has 3 nitrogen and oxygen atoms in total. The molecule has 0 spiro atoms. The maximum Gasteiger partial charge on any atom is 0.406 e. The van der Waals surface area contributed by atoms with Crippen molar-refractivity contribution in [3.63, 3.8) is 0 Å². The molecule has 0 bridgehead atoms. The van der Waals surface area contributed by atoms with Gasteiger partial charge in [0.15, 0.2) is 0 Å². The van der Waals surface area contributed by atoms with E-state index in [9.17, 15) is 18.0 Å². The van der Waals surface area contributed by atoms with E-state index < -0.39 is 24.2 Å². The SMILES string of the molecule is O=C(NCc1ccccc1)C1C(C(F)(F)F)N1Cc1ccccc1. The molecule has 2 aromatic carbocycles. The fraction of sp³-hybridized carbons (Fsp3) is 0.278. The number of carbonyl (C=O) groups is 1. The third-order valence-electron chi connectivity index (χ3n) is 4.05. The molecule has 0 aromatic heterocycles. The number of halogens is 3. The molecule has 0 saturated carbocycles. The van der Waals surface area contributed by atoms with Gasteiger partial charge in [0.1, 0.15) is 12.1 Å². The fourth-order valence-corrected chi connectivity index (χ4v) is 2.82. The maximum absolute atomic E-state index is 13.1. The Kier molecular flexibility index (Phi) is 4.57. The molecule has 3 rings (SSSR count). The molecule has 6 heteroatoms. The van der Waals surface area contributed by atoms with E-state index in [1.165, 1.54) is 4.90 Å². The maximum atomic E-state index is 13.1. The summed E-state index contributed by atoms with van der Waals surface area (Å²) in [6.07, 6.45) is -4.41. The largest absolute Gasteiger partial charge is 0.406 e. The van der Waals surface area contributed by atoms with Crippen molar-refractivity contribution in [2.75, 3.05) is 0 Å². The van der Waals surface area contributed by atoms with E-state index in [1.807, 2.05) is 30.3 Å². The summed E-state index contributed by atoms with van der Waals surface area (Å²) in [6, 6.07) is 15.1. The Labute approximate surface area is 138 Å². The standard InChI is InChI=1S/C18H17F3N2O/c19-18(20,21)16-15(23(16)12-14-9-5-2-6-10-14)17(24)22-11-13-7-3-1-4-8-13/h1-10,15-16H,11-12H2,(H,22,24). The Morgan fingerprint density at radius 2 is 1.50 bits per heavy atom. The summed E-state index contributed by atoms with van der Waals surface area (Å²) in [6.45, 7) is 0.328. The van der Waals surface area contributed by atoms with Gasteiger partial charge in [-0.2, -0.15) is 13.2 Å². The Morgan fingerprint density at radius 1 is 0.958 bits per heavy atom. The first-order valence-corrected chi connectivity index (χ1v) is 7.65. The molecule has 1 fully saturated rings. The number of hydrogen-bond acceptors (Lipinski definition) is 2. The van der Waals surface area contributed by atoms with E-state index >= 15 is 0 Å². The Hall–Kier alpha value is -2.34. The monoisotopic (exact) mass is 334 g/mol. The normalized spacial score (nSPS) is 22.9. The summed E-state index contributed by atoms with van der Waals surface area (Å²) in [4.78, 5) is 13.4. The van der Waals surface area contributed by atoms with Crippen LogP contribution in [0.4, 0.5) is 13.2 Å². The smallest absolute Gasteiger partial charge is 0.351 e. The predicted molar refractivity (Wildman–Crippen MR) is 83.9 cm³/mol. The van der Waals surface area contributed by atoms with E-state index in [0.29, 0.717) is 0 Å². The number of alkyl halides is 3. The highest BCUT2D eigenvalue weighted by Gasteiger charge is 2.65. The van der Waals surface area contributed by atoms with Gasteiger partial charge in [0, 0.05) is 13.1 Å². The number of rotatable bonds is 5. The first-order valence-electron chi connectivity index (χ1n) is 7.65. The lowest BCUT2D eigenvalue weighted by atomic mass is 10.2. The second-order valence-corrected chi connectivity index (χ2v) is 5.79. The van der Waals surface area contributed by atoms with Crippen LogP contribution < -0.4 is 5.32 Å². The molecule has 0 radical (unpaired) electrons. The zero-order chi connectivity index (χ0) is 17.2. The van der Waals surface area contributed by atoms with Gasteiger partial charge in [-0.3, -0.25) is 9.69 Å². The van der Waals surface area contributed by atoms with Crippen LogP contribution >= 0.6 is 0 Å². The highest BCUT2D eigenvalue weighted by Crippen LogP contribution is 2.42. The zero-order valence-electron chi connectivity index (χ0n) is 12.8. The summed E-state index contributed by atoms with van der Waals surface area (Å²) in [5.74, 6) is -0.586. The molecule has 0 aliphatic carbocycles. The van der Waals surface area contributed by atoms with Crippen molar-refractivity contribution in [3.05, 3.63) is 71.8 Å². The van der Waals surface area contributed by atoms with Gasteiger partial charge >= 0.3 is 6.18 Å². The molecular formula is C18H17F3N2O. The van der Waals surface area contributed by atoms with Crippen LogP contribution in [0.25, 0.3) is 0 Å². The van der Waals surface area contributed by atoms with Crippen LogP contribution in [0.1, 0.15) is 11.1 Å². The topological polar surface area (TPSA) is 32.1 Å². The van der Waals surface area contributed by atoms with E-state index in [0.717, 1.165) is 11.1 Å². The van der Waals surface area contributed by atoms with E-state index in [1.54, 1.807) is 30.3 Å². The van der Waals surface area contributed by atoms with E-state index in [2.05, 4.69) is 5.32 Å². The summed E-state index contributed by atoms with van der Waals surface area (Å²) in [7, 11) is 0. The van der Waals surface area contributed by atoms with Gasteiger partial charge in [-0.25, -0.2) is 0 Å². The molecule has 2 aromatic rings. The highest BCUT2D eigenvalue weighted by atomic mass is 19.4. The minimum Gasteiger partial charge on any atom is -0.351 e. The second-order valence-electron chi connectivity index (χ2n) is 5.79. The highest BCUT2D eigenvalue weighted by molar-refractivity contribution is 5.85. The lowest BCUT2D eigenvalue weighted by Gasteiger charge is -2.06. The van der Waals surface area contributed by atoms with Gasteiger partial charge in [0.05, 0.1) is 0 Å². The number of hydrogen-bond donors (Lipinski definition) is 1. The molecule has 3 atom stereocenters. The van der Waals surface area contributed by atoms with Crippen molar-refractivity contribution in [2.45, 2.75) is 31.3 Å². The summed E-state index contributed by atoms with van der Waals surface area (Å²) < 4.78 is 39.4. The number of nitrogens with zero attached hydrogens (tertiary/aromatic N) is 1. The quantitative estimate of drug-likeness (QED) is 0.852. The zero-order valence-corrected chi connectivity index (χ0v) is 12.8. The van der Waals surface area contributed by atoms with Crippen LogP contribution in [-0.4, -0.2) is 29.1 Å². The number of nitrogens with one attached hydrogen (secondary N) is 1. The van der Waals surface area contributed by atoms with Gasteiger partial charge in [-0.1, -0.05) is 60.7 Å². The molecule has 1 aliphatic heterocycles. The van der Waals surface area contributed by atoms with Crippen LogP contribution in [-0.2, 0) is 17.9 Å². The molecule has 3 unspecified atom stereocenters. The Morgan fingerprint density at radius 3 is 2.04 bits per heavy atom. The molecule has 1 aliphatic rings. The van der Waals surface area contributed by atoms with E-state index in [-0.39, 0.29) is 13.1 Å². The summed E-state index contributed by atoms with van der Waals surface area (Å²) in [5.41, 5.74) is 1.61. The van der Waals surface area contributed by atoms with E-state index in [4.69, 9.17) is 0 Å². The van der Waals surface area contributed by atoms with Gasteiger partial charge in [0.2, 0.25) is 5.91 Å². The van der Waals surface area contributed by atoms with Crippen molar-refractivity contribution < 1.29 is 18.0 Å². The van der Waals surface area contributed by atoms with Crippen LogP contribution in [0.2, 0.25) is 0 Å². The first-order chi connectivity index (χ1) is 11.5. The molecule has 24 heavy (non-hydrogen) atoms. The summed E-state index contributed by atoms with van der Waals surface area (Å²) >= 11 is 0. The van der Waals surface area contributed by atoms with Crippen LogP contribution in [0, 0.1) is 0 Å². The average Bonchev–Trinajstić information content (AvgIpc) is 3.29. The molecular weight excluding hydrogens is 317 g/mol. The van der Waals surface area contributed by atoms with Crippen molar-refractivity contribution in [1.29, 1.82) is 0 Å². The van der Waals surface area contributed by atoms with Crippen LogP contribution in [0.15, 0.2) is 60.7 Å².